The summed E-state index contributed by atoms with van der Waals surface area (Å²) in [5.74, 6) is -1.83. The molecule has 0 aromatic rings. The van der Waals surface area contributed by atoms with Crippen molar-refractivity contribution in [3.63, 3.8) is 0 Å². The normalized spacial score (nSPS) is 18.9. The van der Waals surface area contributed by atoms with Crippen molar-refractivity contribution in [1.82, 2.24) is 0 Å². The zero-order chi connectivity index (χ0) is 13.6. The maximum Gasteiger partial charge on any atom is 0.415 e. The van der Waals surface area contributed by atoms with Crippen LogP contribution in [0.4, 0.5) is 8.78 Å². The Morgan fingerprint density at radius 2 is 2.06 bits per heavy atom. The van der Waals surface area contributed by atoms with Crippen LogP contribution in [0.25, 0.3) is 0 Å². The van der Waals surface area contributed by atoms with Gasteiger partial charge in [0.25, 0.3) is 0 Å². The molecule has 0 aromatic carbocycles. The van der Waals surface area contributed by atoms with E-state index >= 15 is 0 Å². The minimum absolute atomic E-state index is 0.223. The van der Waals surface area contributed by atoms with Gasteiger partial charge in [0.2, 0.25) is 0 Å². The second kappa shape index (κ2) is 6.62. The Balaban J connectivity index is 2.44. The standard InChI is InChI=1S/C9H14F2O6S/c10-9(11,18-17-16-14)7(13)15-6-8(5-12)3-1-2-4-8/h12,14H,1-6H2/p-1. The Kier molecular flexibility index (Phi) is 5.73. The van der Waals surface area contributed by atoms with E-state index in [0.717, 1.165) is 12.8 Å². The van der Waals surface area contributed by atoms with Gasteiger partial charge in [0.05, 0.1) is 13.2 Å². The Morgan fingerprint density at radius 1 is 1.44 bits per heavy atom. The first-order valence-electron chi connectivity index (χ1n) is 5.26. The molecule has 0 bridgehead atoms. The summed E-state index contributed by atoms with van der Waals surface area (Å²) in [5.41, 5.74) is -0.633. The summed E-state index contributed by atoms with van der Waals surface area (Å²) in [5, 5.41) is 17.3. The highest BCUT2D eigenvalue weighted by atomic mass is 32.2. The van der Waals surface area contributed by atoms with Crippen LogP contribution in [0.5, 0.6) is 0 Å². The average molecular weight is 287 g/mol. The fourth-order valence-electron chi connectivity index (χ4n) is 1.87. The predicted molar refractivity (Wildman–Crippen MR) is 53.7 cm³/mol. The number of hydrogen-bond donors (Lipinski definition) is 1. The first-order chi connectivity index (χ1) is 8.46. The number of carbonyl (C=O) groups excluding carboxylic acids is 1. The molecule has 0 radical (unpaired) electrons. The Morgan fingerprint density at radius 3 is 2.56 bits per heavy atom. The first-order valence-corrected chi connectivity index (χ1v) is 6.00. The van der Waals surface area contributed by atoms with E-state index in [0.29, 0.717) is 12.8 Å². The molecule has 106 valence electrons. The number of carbonyl (C=O) groups is 1. The van der Waals surface area contributed by atoms with Crippen LogP contribution < -0.4 is 5.26 Å². The molecule has 1 aliphatic rings. The Hall–Kier alpha value is -0.480. The highest BCUT2D eigenvalue weighted by Crippen LogP contribution is 2.39. The summed E-state index contributed by atoms with van der Waals surface area (Å²) >= 11 is -0.729. The second-order valence-electron chi connectivity index (χ2n) is 4.18. The van der Waals surface area contributed by atoms with Crippen LogP contribution in [0, 0.1) is 5.41 Å². The molecular formula is C9H13F2O6S-. The van der Waals surface area contributed by atoms with Crippen molar-refractivity contribution in [2.45, 2.75) is 30.9 Å². The summed E-state index contributed by atoms with van der Waals surface area (Å²) in [6, 6.07) is 0. The zero-order valence-corrected chi connectivity index (χ0v) is 10.2. The van der Waals surface area contributed by atoms with E-state index in [1.807, 2.05) is 0 Å². The molecule has 0 amide bonds. The molecule has 1 N–H and O–H groups in total. The van der Waals surface area contributed by atoms with Gasteiger partial charge in [0, 0.05) is 5.41 Å². The zero-order valence-electron chi connectivity index (χ0n) is 9.40. The highest BCUT2D eigenvalue weighted by molar-refractivity contribution is 7.96. The molecule has 0 aliphatic heterocycles. The van der Waals surface area contributed by atoms with E-state index in [4.69, 9.17) is 0 Å². The molecule has 0 atom stereocenters. The van der Waals surface area contributed by atoms with Crippen molar-refractivity contribution in [3.05, 3.63) is 0 Å². The minimum Gasteiger partial charge on any atom is -0.691 e. The number of hydrogen-bond acceptors (Lipinski definition) is 7. The molecule has 0 unspecified atom stereocenters. The molecule has 0 heterocycles. The molecule has 6 nitrogen and oxygen atoms in total. The summed E-state index contributed by atoms with van der Waals surface area (Å²) in [6.45, 7) is -0.504. The molecule has 1 rings (SSSR count). The van der Waals surface area contributed by atoms with Gasteiger partial charge in [-0.15, -0.1) is 0 Å². The third-order valence-electron chi connectivity index (χ3n) is 2.91. The molecular weight excluding hydrogens is 274 g/mol. The maximum atomic E-state index is 13.0. The van der Waals surface area contributed by atoms with Crippen molar-refractivity contribution < 1.29 is 38.0 Å². The lowest BCUT2D eigenvalue weighted by atomic mass is 9.88. The number of aliphatic hydroxyl groups excluding tert-OH is 1. The molecule has 0 saturated heterocycles. The van der Waals surface area contributed by atoms with Crippen molar-refractivity contribution in [2.75, 3.05) is 13.2 Å². The van der Waals surface area contributed by atoms with E-state index in [-0.39, 0.29) is 13.2 Å². The molecule has 1 saturated carbocycles. The SMILES string of the molecule is O=C(OCC1(CO)CCCC1)C(F)(F)SOO[O-]. The smallest absolute Gasteiger partial charge is 0.415 e. The van der Waals surface area contributed by atoms with Crippen molar-refractivity contribution in [3.8, 4) is 0 Å². The van der Waals surface area contributed by atoms with Crippen LogP contribution >= 0.6 is 12.0 Å². The van der Waals surface area contributed by atoms with Crippen LogP contribution in [0.2, 0.25) is 0 Å². The number of aliphatic hydroxyl groups is 1. The average Bonchev–Trinajstić information content (AvgIpc) is 2.83. The maximum absolute atomic E-state index is 13.0. The lowest BCUT2D eigenvalue weighted by molar-refractivity contribution is -0.777. The molecule has 1 fully saturated rings. The Labute approximate surface area is 106 Å². The van der Waals surface area contributed by atoms with Gasteiger partial charge < -0.3 is 15.1 Å². The van der Waals surface area contributed by atoms with E-state index < -0.39 is 28.7 Å². The van der Waals surface area contributed by atoms with Crippen LogP contribution in [0.3, 0.4) is 0 Å². The summed E-state index contributed by atoms with van der Waals surface area (Å²) in [6.07, 6.45) is 2.96. The number of esters is 1. The quantitative estimate of drug-likeness (QED) is 0.316. The van der Waals surface area contributed by atoms with Gasteiger partial charge in [-0.3, -0.25) is 5.04 Å². The van der Waals surface area contributed by atoms with Crippen molar-refractivity contribution >= 4 is 18.0 Å². The van der Waals surface area contributed by atoms with Gasteiger partial charge in [-0.05, 0) is 12.8 Å². The number of ether oxygens (including phenoxy) is 1. The van der Waals surface area contributed by atoms with Crippen LogP contribution in [0.15, 0.2) is 0 Å². The molecule has 0 spiro atoms. The summed E-state index contributed by atoms with van der Waals surface area (Å²) in [4.78, 5) is 11.1. The largest absolute Gasteiger partial charge is 0.691 e. The summed E-state index contributed by atoms with van der Waals surface area (Å²) in [7, 11) is 0. The van der Waals surface area contributed by atoms with Crippen LogP contribution in [-0.4, -0.2) is 29.5 Å². The third-order valence-corrected chi connectivity index (χ3v) is 3.41. The first kappa shape index (κ1) is 15.6. The van der Waals surface area contributed by atoms with Gasteiger partial charge >= 0.3 is 11.2 Å². The minimum atomic E-state index is -4.03. The molecule has 9 heteroatoms. The fourth-order valence-corrected chi connectivity index (χ4v) is 2.11. The van der Waals surface area contributed by atoms with Gasteiger partial charge in [-0.2, -0.15) is 13.1 Å². The molecule has 1 aliphatic carbocycles. The van der Waals surface area contributed by atoms with Crippen molar-refractivity contribution in [1.29, 1.82) is 0 Å². The molecule has 18 heavy (non-hydrogen) atoms. The number of halogens is 2. The highest BCUT2D eigenvalue weighted by Gasteiger charge is 2.45. The summed E-state index contributed by atoms with van der Waals surface area (Å²) < 4.78 is 33.9. The number of rotatable bonds is 7. The monoisotopic (exact) mass is 287 g/mol. The van der Waals surface area contributed by atoms with Crippen molar-refractivity contribution in [2.24, 2.45) is 5.41 Å². The Bertz CT molecular complexity index is 282. The predicted octanol–water partition coefficient (Wildman–Crippen LogP) is 0.547. The van der Waals surface area contributed by atoms with E-state index in [1.165, 1.54) is 0 Å². The van der Waals surface area contributed by atoms with Crippen LogP contribution in [0.1, 0.15) is 25.7 Å². The third kappa shape index (κ3) is 4.02. The number of alkyl halides is 2. The van der Waals surface area contributed by atoms with E-state index in [2.05, 4.69) is 14.1 Å². The van der Waals surface area contributed by atoms with E-state index in [9.17, 15) is 23.9 Å². The topological polar surface area (TPSA) is 88.1 Å². The van der Waals surface area contributed by atoms with E-state index in [1.54, 1.807) is 0 Å². The lowest BCUT2D eigenvalue weighted by Crippen LogP contribution is -2.34. The van der Waals surface area contributed by atoms with Crippen LogP contribution in [-0.2, 0) is 18.9 Å². The fraction of sp³-hybridized carbons (Fsp3) is 0.889. The molecule has 0 aromatic heterocycles. The van der Waals surface area contributed by atoms with Gasteiger partial charge in [-0.25, -0.2) is 4.79 Å². The van der Waals surface area contributed by atoms with Gasteiger partial charge in [-0.1, -0.05) is 12.8 Å². The second-order valence-corrected chi connectivity index (χ2v) is 4.99. The van der Waals surface area contributed by atoms with Gasteiger partial charge in [0.1, 0.15) is 12.0 Å². The van der Waals surface area contributed by atoms with Gasteiger partial charge in [0.15, 0.2) is 0 Å². The lowest BCUT2D eigenvalue weighted by Gasteiger charge is -2.26.